The number of piperazine rings is 2. The van der Waals surface area contributed by atoms with Crippen molar-refractivity contribution in [2.45, 2.75) is 13.8 Å². The first-order valence-electron chi connectivity index (χ1n) is 10.2. The van der Waals surface area contributed by atoms with Crippen molar-refractivity contribution >= 4 is 17.5 Å². The highest BCUT2D eigenvalue weighted by Crippen LogP contribution is 2.20. The first-order valence-corrected chi connectivity index (χ1v) is 10.2. The van der Waals surface area contributed by atoms with Crippen molar-refractivity contribution in [2.24, 2.45) is 5.92 Å². The van der Waals surface area contributed by atoms with Gasteiger partial charge in [-0.15, -0.1) is 0 Å². The zero-order valence-corrected chi connectivity index (χ0v) is 17.3. The lowest BCUT2D eigenvalue weighted by molar-refractivity contribution is -0.137. The van der Waals surface area contributed by atoms with E-state index in [0.29, 0.717) is 6.54 Å². The van der Waals surface area contributed by atoms with Gasteiger partial charge in [0.1, 0.15) is 5.75 Å². The number of hydrogen-bond donors (Lipinski definition) is 0. The van der Waals surface area contributed by atoms with Crippen molar-refractivity contribution in [3.63, 3.8) is 0 Å². The second-order valence-electron chi connectivity index (χ2n) is 7.82. The fourth-order valence-corrected chi connectivity index (χ4v) is 3.79. The summed E-state index contributed by atoms with van der Waals surface area (Å²) in [6.45, 7) is 10.5. The van der Waals surface area contributed by atoms with Crippen LogP contribution in [-0.2, 0) is 9.59 Å². The summed E-state index contributed by atoms with van der Waals surface area (Å²) in [5, 5.41) is 0. The highest BCUT2D eigenvalue weighted by molar-refractivity contribution is 5.79. The van der Waals surface area contributed by atoms with Gasteiger partial charge >= 0.3 is 0 Å². The second kappa shape index (κ2) is 9.28. The average Bonchev–Trinajstić information content (AvgIpc) is 2.74. The molecule has 2 aliphatic heterocycles. The van der Waals surface area contributed by atoms with Gasteiger partial charge in [0.2, 0.25) is 11.8 Å². The Morgan fingerprint density at radius 2 is 1.46 bits per heavy atom. The van der Waals surface area contributed by atoms with Gasteiger partial charge in [0.25, 0.3) is 0 Å². The van der Waals surface area contributed by atoms with Crippen LogP contribution >= 0.6 is 0 Å². The smallest absolute Gasteiger partial charge is 0.236 e. The van der Waals surface area contributed by atoms with Gasteiger partial charge in [-0.1, -0.05) is 13.8 Å². The lowest BCUT2D eigenvalue weighted by Crippen LogP contribution is -2.54. The van der Waals surface area contributed by atoms with Crippen LogP contribution in [0.5, 0.6) is 5.75 Å². The van der Waals surface area contributed by atoms with Crippen molar-refractivity contribution in [1.82, 2.24) is 14.7 Å². The Labute approximate surface area is 167 Å². The average molecular weight is 389 g/mol. The normalized spacial score (nSPS) is 18.5. The van der Waals surface area contributed by atoms with E-state index in [1.807, 2.05) is 35.8 Å². The fraction of sp³-hybridized carbons (Fsp3) is 0.619. The molecule has 0 aliphatic carbocycles. The Hall–Kier alpha value is -2.28. The molecule has 0 aromatic heterocycles. The molecule has 7 nitrogen and oxygen atoms in total. The van der Waals surface area contributed by atoms with Gasteiger partial charge in [-0.2, -0.15) is 0 Å². The lowest BCUT2D eigenvalue weighted by Gasteiger charge is -2.39. The molecule has 3 rings (SSSR count). The minimum atomic E-state index is 0.0372. The molecule has 2 fully saturated rings. The molecule has 0 spiro atoms. The molecule has 1 aromatic rings. The van der Waals surface area contributed by atoms with Crippen LogP contribution < -0.4 is 9.64 Å². The third kappa shape index (κ3) is 4.95. The van der Waals surface area contributed by atoms with Crippen LogP contribution in [0.25, 0.3) is 0 Å². The number of benzene rings is 1. The summed E-state index contributed by atoms with van der Waals surface area (Å²) in [5.74, 6) is 1.29. The third-order valence-electron chi connectivity index (χ3n) is 5.61. The Morgan fingerprint density at radius 3 is 2.00 bits per heavy atom. The summed E-state index contributed by atoms with van der Waals surface area (Å²) in [4.78, 5) is 33.1. The second-order valence-corrected chi connectivity index (χ2v) is 7.82. The highest BCUT2D eigenvalue weighted by Gasteiger charge is 2.26. The largest absolute Gasteiger partial charge is 0.497 e. The molecule has 1 aromatic carbocycles. The van der Waals surface area contributed by atoms with E-state index in [1.54, 1.807) is 7.11 Å². The Kier molecular flexibility index (Phi) is 6.78. The number of hydrogen-bond acceptors (Lipinski definition) is 5. The van der Waals surface area contributed by atoms with E-state index in [2.05, 4.69) is 21.9 Å². The van der Waals surface area contributed by atoms with E-state index in [9.17, 15) is 9.59 Å². The molecule has 0 unspecified atom stereocenters. The van der Waals surface area contributed by atoms with Gasteiger partial charge in [0.15, 0.2) is 0 Å². The molecule has 0 bridgehead atoms. The molecule has 0 atom stereocenters. The predicted molar refractivity (Wildman–Crippen MR) is 110 cm³/mol. The van der Waals surface area contributed by atoms with Crippen LogP contribution in [0.3, 0.4) is 0 Å². The summed E-state index contributed by atoms with van der Waals surface area (Å²) >= 11 is 0. The first kappa shape index (κ1) is 20.5. The molecular formula is C21H32N4O3. The zero-order valence-electron chi connectivity index (χ0n) is 17.3. The van der Waals surface area contributed by atoms with Crippen LogP contribution in [-0.4, -0.2) is 92.5 Å². The summed E-state index contributed by atoms with van der Waals surface area (Å²) in [6.07, 6.45) is 0. The first-order chi connectivity index (χ1) is 13.5. The van der Waals surface area contributed by atoms with Crippen LogP contribution in [0.4, 0.5) is 5.69 Å². The minimum absolute atomic E-state index is 0.0372. The van der Waals surface area contributed by atoms with Crippen LogP contribution in [0.2, 0.25) is 0 Å². The van der Waals surface area contributed by atoms with Crippen LogP contribution in [0.15, 0.2) is 24.3 Å². The number of anilines is 1. The molecule has 28 heavy (non-hydrogen) atoms. The number of rotatable bonds is 5. The zero-order chi connectivity index (χ0) is 20.1. The third-order valence-corrected chi connectivity index (χ3v) is 5.61. The van der Waals surface area contributed by atoms with Gasteiger partial charge in [-0.25, -0.2) is 0 Å². The van der Waals surface area contributed by atoms with E-state index in [4.69, 9.17) is 4.74 Å². The summed E-state index contributed by atoms with van der Waals surface area (Å²) in [7, 11) is 1.67. The van der Waals surface area contributed by atoms with E-state index >= 15 is 0 Å². The minimum Gasteiger partial charge on any atom is -0.497 e. The molecule has 2 aliphatic rings. The predicted octanol–water partition coefficient (Wildman–Crippen LogP) is 1.14. The van der Waals surface area contributed by atoms with Gasteiger partial charge < -0.3 is 19.4 Å². The number of carbonyl (C=O) groups is 2. The molecule has 0 N–H and O–H groups in total. The van der Waals surface area contributed by atoms with Crippen molar-refractivity contribution in [1.29, 1.82) is 0 Å². The van der Waals surface area contributed by atoms with Crippen molar-refractivity contribution in [3.05, 3.63) is 24.3 Å². The fourth-order valence-electron chi connectivity index (χ4n) is 3.79. The summed E-state index contributed by atoms with van der Waals surface area (Å²) in [6, 6.07) is 8.07. The molecular weight excluding hydrogens is 356 g/mol. The van der Waals surface area contributed by atoms with Crippen molar-refractivity contribution in [2.75, 3.05) is 70.9 Å². The van der Waals surface area contributed by atoms with E-state index in [1.165, 1.54) is 5.69 Å². The van der Waals surface area contributed by atoms with Crippen LogP contribution in [0, 0.1) is 5.92 Å². The molecule has 0 radical (unpaired) electrons. The maximum absolute atomic E-state index is 12.7. The topological polar surface area (TPSA) is 56.3 Å². The van der Waals surface area contributed by atoms with Gasteiger partial charge in [0.05, 0.1) is 13.7 Å². The lowest BCUT2D eigenvalue weighted by atomic mass is 10.1. The van der Waals surface area contributed by atoms with E-state index in [0.717, 1.165) is 58.1 Å². The number of carbonyl (C=O) groups excluding carboxylic acids is 2. The maximum Gasteiger partial charge on any atom is 0.236 e. The van der Waals surface area contributed by atoms with E-state index in [-0.39, 0.29) is 17.7 Å². The Balaban J connectivity index is 1.42. The molecule has 2 heterocycles. The number of nitrogens with zero attached hydrogens (tertiary/aromatic N) is 4. The van der Waals surface area contributed by atoms with Crippen LogP contribution in [0.1, 0.15) is 13.8 Å². The number of amides is 2. The Bertz CT molecular complexity index is 661. The molecule has 2 amide bonds. The SMILES string of the molecule is COc1ccc(N2CCN(C(=O)CN3CCN(C(=O)C(C)C)CC3)CC2)cc1. The monoisotopic (exact) mass is 388 g/mol. The standard InChI is InChI=1S/C21H32N4O3/c1-17(2)21(27)25-10-8-22(9-11-25)16-20(26)24-14-12-23(13-15-24)18-4-6-19(28-3)7-5-18/h4-7,17H,8-16H2,1-3H3. The molecule has 2 saturated heterocycles. The molecule has 7 heteroatoms. The summed E-state index contributed by atoms with van der Waals surface area (Å²) < 4.78 is 5.21. The maximum atomic E-state index is 12.7. The van der Waals surface area contributed by atoms with Gasteiger partial charge in [0, 0.05) is 64.0 Å². The quantitative estimate of drug-likeness (QED) is 0.757. The summed E-state index contributed by atoms with van der Waals surface area (Å²) in [5.41, 5.74) is 1.17. The molecule has 154 valence electrons. The number of ether oxygens (including phenoxy) is 1. The van der Waals surface area contributed by atoms with Crippen molar-refractivity contribution in [3.8, 4) is 5.75 Å². The number of methoxy groups -OCH3 is 1. The van der Waals surface area contributed by atoms with Crippen molar-refractivity contribution < 1.29 is 14.3 Å². The van der Waals surface area contributed by atoms with Gasteiger partial charge in [-0.3, -0.25) is 14.5 Å². The van der Waals surface area contributed by atoms with E-state index < -0.39 is 0 Å². The Morgan fingerprint density at radius 1 is 0.893 bits per heavy atom. The highest BCUT2D eigenvalue weighted by atomic mass is 16.5. The van der Waals surface area contributed by atoms with Gasteiger partial charge in [-0.05, 0) is 24.3 Å². The molecule has 0 saturated carbocycles.